The van der Waals surface area contributed by atoms with E-state index in [0.717, 1.165) is 11.1 Å². The van der Waals surface area contributed by atoms with Crippen molar-refractivity contribution in [2.24, 2.45) is 5.73 Å². The molecule has 0 spiro atoms. The van der Waals surface area contributed by atoms with E-state index in [-0.39, 0.29) is 35.5 Å². The number of carbonyl (C=O) groups is 2. The molecule has 0 saturated carbocycles. The largest absolute Gasteiger partial charge is 0.489 e. The predicted octanol–water partition coefficient (Wildman–Crippen LogP) is 2.47. The SMILES string of the molecule is CC(=N)N1CCC(Oc2ccc(NS(=O)(=O)CC(=O)O)cc2C(=O)NCC(C)=Cc2cccc(C(=N)N)c2)CC1. The summed E-state index contributed by atoms with van der Waals surface area (Å²) < 4.78 is 32.7. The fraction of sp³-hybridized carbons (Fsp3) is 0.333. The van der Waals surface area contributed by atoms with Gasteiger partial charge in [0.25, 0.3) is 5.91 Å². The van der Waals surface area contributed by atoms with Gasteiger partial charge in [-0.25, -0.2) is 8.42 Å². The lowest BCUT2D eigenvalue weighted by atomic mass is 10.1. The molecule has 1 amide bonds. The van der Waals surface area contributed by atoms with Gasteiger partial charge in [0.05, 0.1) is 11.4 Å². The Bertz CT molecular complexity index is 1430. The summed E-state index contributed by atoms with van der Waals surface area (Å²) in [7, 11) is -4.18. The van der Waals surface area contributed by atoms with Gasteiger partial charge in [-0.05, 0) is 43.7 Å². The third-order valence-electron chi connectivity index (χ3n) is 6.16. The number of sulfonamides is 1. The topological polar surface area (TPSA) is 199 Å². The molecule has 2 aromatic carbocycles. The number of nitrogen functional groups attached to an aromatic ring is 1. The number of likely N-dealkylation sites (tertiary alicyclic amines) is 1. The molecule has 0 unspecified atom stereocenters. The van der Waals surface area contributed by atoms with E-state index in [1.807, 2.05) is 24.0 Å². The molecule has 1 heterocycles. The molecule has 7 N–H and O–H groups in total. The van der Waals surface area contributed by atoms with Gasteiger partial charge in [0.15, 0.2) is 5.75 Å². The van der Waals surface area contributed by atoms with Gasteiger partial charge in [0.2, 0.25) is 10.0 Å². The van der Waals surface area contributed by atoms with E-state index in [1.165, 1.54) is 18.2 Å². The van der Waals surface area contributed by atoms with Crippen molar-refractivity contribution in [1.29, 1.82) is 10.8 Å². The van der Waals surface area contributed by atoms with Gasteiger partial charge >= 0.3 is 5.97 Å². The predicted molar refractivity (Wildman–Crippen MR) is 154 cm³/mol. The van der Waals surface area contributed by atoms with Crippen LogP contribution in [-0.2, 0) is 14.8 Å². The van der Waals surface area contributed by atoms with Crippen molar-refractivity contribution in [1.82, 2.24) is 10.2 Å². The van der Waals surface area contributed by atoms with Crippen molar-refractivity contribution in [3.05, 3.63) is 64.7 Å². The van der Waals surface area contributed by atoms with Crippen LogP contribution in [0.3, 0.4) is 0 Å². The molecule has 0 bridgehead atoms. The Morgan fingerprint density at radius 3 is 2.48 bits per heavy atom. The first kappa shape index (κ1) is 30.2. The number of carbonyl (C=O) groups excluding carboxylic acids is 1. The summed E-state index contributed by atoms with van der Waals surface area (Å²) in [5.74, 6) is -2.44. The van der Waals surface area contributed by atoms with Crippen LogP contribution in [0.5, 0.6) is 5.75 Å². The molecule has 12 nitrogen and oxygen atoms in total. The first-order valence-electron chi connectivity index (χ1n) is 12.6. The number of hydrogen-bond donors (Lipinski definition) is 6. The van der Waals surface area contributed by atoms with Gasteiger partial charge in [0.1, 0.15) is 17.7 Å². The summed E-state index contributed by atoms with van der Waals surface area (Å²) in [4.78, 5) is 26.1. The number of nitrogens with one attached hydrogen (secondary N) is 4. The van der Waals surface area contributed by atoms with Gasteiger partial charge in [-0.1, -0.05) is 29.8 Å². The third kappa shape index (κ3) is 8.83. The van der Waals surface area contributed by atoms with Gasteiger partial charge in [-0.3, -0.25) is 25.1 Å². The molecule has 1 aliphatic heterocycles. The van der Waals surface area contributed by atoms with Crippen LogP contribution in [0.1, 0.15) is 48.2 Å². The molecular formula is C27H34N6O6S. The number of nitrogens with zero attached hydrogens (tertiary/aromatic N) is 1. The number of rotatable bonds is 11. The second-order valence-corrected chi connectivity index (χ2v) is 11.3. The lowest BCUT2D eigenvalue weighted by Gasteiger charge is -2.33. The zero-order valence-corrected chi connectivity index (χ0v) is 23.2. The van der Waals surface area contributed by atoms with Gasteiger partial charge in [-0.2, -0.15) is 0 Å². The number of amides is 1. The van der Waals surface area contributed by atoms with Crippen molar-refractivity contribution in [3.8, 4) is 5.75 Å². The highest BCUT2D eigenvalue weighted by atomic mass is 32.2. The van der Waals surface area contributed by atoms with Crippen LogP contribution < -0.4 is 20.5 Å². The van der Waals surface area contributed by atoms with Crippen molar-refractivity contribution in [3.63, 3.8) is 0 Å². The molecule has 13 heteroatoms. The maximum atomic E-state index is 13.3. The first-order chi connectivity index (χ1) is 18.8. The fourth-order valence-electron chi connectivity index (χ4n) is 4.19. The maximum Gasteiger partial charge on any atom is 0.320 e. The molecule has 1 fully saturated rings. The van der Waals surface area contributed by atoms with Crippen LogP contribution in [0.15, 0.2) is 48.0 Å². The van der Waals surface area contributed by atoms with E-state index in [4.69, 9.17) is 26.4 Å². The Labute approximate surface area is 233 Å². The number of hydrogen-bond acceptors (Lipinski definition) is 7. The van der Waals surface area contributed by atoms with E-state index in [2.05, 4.69) is 10.0 Å². The van der Waals surface area contributed by atoms with Crippen LogP contribution in [0.2, 0.25) is 0 Å². The number of amidine groups is 2. The number of carboxylic acid groups (broad SMARTS) is 1. The van der Waals surface area contributed by atoms with Gasteiger partial charge in [-0.15, -0.1) is 0 Å². The summed E-state index contributed by atoms with van der Waals surface area (Å²) in [5.41, 5.74) is 7.88. The zero-order valence-electron chi connectivity index (χ0n) is 22.4. The Hall–Kier alpha value is -4.39. The molecule has 0 aliphatic carbocycles. The second-order valence-electron chi connectivity index (χ2n) is 9.57. The minimum atomic E-state index is -4.18. The average molecular weight is 571 g/mol. The Morgan fingerprint density at radius 1 is 1.15 bits per heavy atom. The summed E-state index contributed by atoms with van der Waals surface area (Å²) in [6, 6.07) is 11.3. The second kappa shape index (κ2) is 13.1. The molecule has 0 aromatic heterocycles. The van der Waals surface area contributed by atoms with E-state index in [1.54, 1.807) is 25.1 Å². The summed E-state index contributed by atoms with van der Waals surface area (Å²) in [6.07, 6.45) is 2.93. The monoisotopic (exact) mass is 570 g/mol. The molecule has 2 aromatic rings. The Balaban J connectivity index is 1.80. The summed E-state index contributed by atoms with van der Waals surface area (Å²) >= 11 is 0. The van der Waals surface area contributed by atoms with E-state index in [0.29, 0.717) is 37.3 Å². The number of carboxylic acids is 1. The van der Waals surface area contributed by atoms with Gasteiger partial charge in [0, 0.05) is 43.7 Å². The Morgan fingerprint density at radius 2 is 1.85 bits per heavy atom. The van der Waals surface area contributed by atoms with Crippen molar-refractivity contribution in [2.45, 2.75) is 32.8 Å². The zero-order chi connectivity index (χ0) is 29.4. The maximum absolute atomic E-state index is 13.3. The fourth-order valence-corrected chi connectivity index (χ4v) is 5.07. The minimum Gasteiger partial charge on any atom is -0.489 e. The highest BCUT2D eigenvalue weighted by Crippen LogP contribution is 2.27. The highest BCUT2D eigenvalue weighted by molar-refractivity contribution is 7.93. The molecule has 3 rings (SSSR count). The van der Waals surface area contributed by atoms with Crippen LogP contribution in [0, 0.1) is 10.8 Å². The third-order valence-corrected chi connectivity index (χ3v) is 7.33. The van der Waals surface area contributed by atoms with Crippen LogP contribution >= 0.6 is 0 Å². The average Bonchev–Trinajstić information content (AvgIpc) is 2.87. The molecule has 1 saturated heterocycles. The smallest absolute Gasteiger partial charge is 0.320 e. The number of piperidine rings is 1. The first-order valence-corrected chi connectivity index (χ1v) is 14.2. The molecule has 0 atom stereocenters. The molecule has 214 valence electrons. The summed E-state index contributed by atoms with van der Waals surface area (Å²) in [6.45, 7) is 5.01. The van der Waals surface area contributed by atoms with Crippen LogP contribution in [-0.4, -0.2) is 73.5 Å². The van der Waals surface area contributed by atoms with E-state index < -0.39 is 27.7 Å². The Kier molecular flexibility index (Phi) is 9.88. The van der Waals surface area contributed by atoms with E-state index >= 15 is 0 Å². The lowest BCUT2D eigenvalue weighted by Crippen LogP contribution is -2.40. The molecular weight excluding hydrogens is 536 g/mol. The number of benzene rings is 2. The van der Waals surface area contributed by atoms with Crippen molar-refractivity contribution in [2.75, 3.05) is 30.1 Å². The minimum absolute atomic E-state index is 0.0290. The summed E-state index contributed by atoms with van der Waals surface area (Å²) in [5, 5.41) is 27.1. The van der Waals surface area contributed by atoms with Crippen LogP contribution in [0.25, 0.3) is 6.08 Å². The van der Waals surface area contributed by atoms with E-state index in [9.17, 15) is 18.0 Å². The quantitative estimate of drug-likeness (QED) is 0.175. The van der Waals surface area contributed by atoms with Crippen LogP contribution in [0.4, 0.5) is 5.69 Å². The van der Waals surface area contributed by atoms with Crippen molar-refractivity contribution < 1.29 is 27.9 Å². The lowest BCUT2D eigenvalue weighted by molar-refractivity contribution is -0.134. The number of anilines is 1. The standard InChI is InChI=1S/C27H34N6O6S/c1-17(12-19-4-3-5-20(13-19)26(29)30)15-31-27(36)23-14-21(32-40(37,38)16-25(34)35)6-7-24(23)39-22-8-10-33(11-9-22)18(2)28/h3-7,12-14,22,28,32H,8-11,15-16H2,1-2H3,(H3,29,30)(H,31,36)(H,34,35). The number of ether oxygens (including phenoxy) is 1. The van der Waals surface area contributed by atoms with Crippen molar-refractivity contribution >= 4 is 45.3 Å². The number of nitrogens with two attached hydrogens (primary N) is 1. The normalized spacial score (nSPS) is 14.3. The highest BCUT2D eigenvalue weighted by Gasteiger charge is 2.24. The number of aliphatic carboxylic acids is 1. The molecule has 0 radical (unpaired) electrons. The molecule has 1 aliphatic rings. The van der Waals surface area contributed by atoms with Gasteiger partial charge < -0.3 is 25.8 Å². The molecule has 40 heavy (non-hydrogen) atoms.